The summed E-state index contributed by atoms with van der Waals surface area (Å²) in [6, 6.07) is 10.7. The predicted molar refractivity (Wildman–Crippen MR) is 115 cm³/mol. The number of carbonyl (C=O) groups excluding carboxylic acids is 1. The standard InChI is InChI=1S/C22H21F3N6O/c1-14-27-19(12-20(28-14)31-10-2-3-11-31)29-16-5-7-17(8-6-16)30-21(32)15-4-9-18(26-13-15)22(23,24)25/h4-9,12-13H,2-3,10-11H2,1H3,(H,30,32)(H,27,28,29). The van der Waals surface area contributed by atoms with Crippen LogP contribution in [-0.4, -0.2) is 33.9 Å². The first kappa shape index (κ1) is 21.5. The molecule has 4 rings (SSSR count). The summed E-state index contributed by atoms with van der Waals surface area (Å²) < 4.78 is 37.8. The Bertz CT molecular complexity index is 1090. The predicted octanol–water partition coefficient (Wildman–Crippen LogP) is 4.79. The van der Waals surface area contributed by atoms with E-state index in [1.165, 1.54) is 0 Å². The average molecular weight is 442 g/mol. The summed E-state index contributed by atoms with van der Waals surface area (Å²) in [5.41, 5.74) is 0.255. The lowest BCUT2D eigenvalue weighted by atomic mass is 10.2. The van der Waals surface area contributed by atoms with Crippen molar-refractivity contribution in [2.45, 2.75) is 25.9 Å². The quantitative estimate of drug-likeness (QED) is 0.591. The van der Waals surface area contributed by atoms with E-state index in [0.29, 0.717) is 17.3 Å². The molecule has 3 aromatic rings. The minimum Gasteiger partial charge on any atom is -0.356 e. The van der Waals surface area contributed by atoms with E-state index in [2.05, 4.69) is 30.5 Å². The lowest BCUT2D eigenvalue weighted by molar-refractivity contribution is -0.141. The SMILES string of the molecule is Cc1nc(Nc2ccc(NC(=O)c3ccc(C(F)(F)F)nc3)cc2)cc(N2CCCC2)n1. The van der Waals surface area contributed by atoms with Gasteiger partial charge in [-0.2, -0.15) is 13.2 Å². The van der Waals surface area contributed by atoms with Gasteiger partial charge in [-0.25, -0.2) is 9.97 Å². The molecule has 32 heavy (non-hydrogen) atoms. The molecular formula is C22H21F3N6O. The highest BCUT2D eigenvalue weighted by Gasteiger charge is 2.32. The molecule has 7 nitrogen and oxygen atoms in total. The van der Waals surface area contributed by atoms with Gasteiger partial charge in [-0.15, -0.1) is 0 Å². The number of nitrogens with one attached hydrogen (secondary N) is 2. The van der Waals surface area contributed by atoms with Crippen LogP contribution in [0.2, 0.25) is 0 Å². The van der Waals surface area contributed by atoms with E-state index in [0.717, 1.165) is 55.8 Å². The van der Waals surface area contributed by atoms with Crippen LogP contribution in [0, 0.1) is 6.92 Å². The molecule has 1 aromatic carbocycles. The van der Waals surface area contributed by atoms with E-state index in [-0.39, 0.29) is 5.56 Å². The Labute approximate surface area is 182 Å². The highest BCUT2D eigenvalue weighted by Crippen LogP contribution is 2.27. The maximum atomic E-state index is 12.6. The fraction of sp³-hybridized carbons (Fsp3) is 0.273. The number of nitrogens with zero attached hydrogens (tertiary/aromatic N) is 4. The number of benzene rings is 1. The number of aromatic nitrogens is 3. The van der Waals surface area contributed by atoms with Gasteiger partial charge in [0.25, 0.3) is 5.91 Å². The third-order valence-electron chi connectivity index (χ3n) is 4.99. The number of rotatable bonds is 5. The number of pyridine rings is 1. The van der Waals surface area contributed by atoms with Gasteiger partial charge in [0.05, 0.1) is 5.56 Å². The first-order valence-corrected chi connectivity index (χ1v) is 10.1. The Morgan fingerprint density at radius 2 is 1.69 bits per heavy atom. The van der Waals surface area contributed by atoms with Crippen molar-refractivity contribution in [3.8, 4) is 0 Å². The second kappa shape index (κ2) is 8.81. The minimum absolute atomic E-state index is 0.0334. The molecular weight excluding hydrogens is 421 g/mol. The molecule has 0 spiro atoms. The van der Waals surface area contributed by atoms with E-state index >= 15 is 0 Å². The maximum absolute atomic E-state index is 12.6. The van der Waals surface area contributed by atoms with Crippen molar-refractivity contribution in [3.05, 3.63) is 65.7 Å². The van der Waals surface area contributed by atoms with E-state index in [4.69, 9.17) is 0 Å². The molecule has 2 aromatic heterocycles. The largest absolute Gasteiger partial charge is 0.433 e. The molecule has 1 amide bonds. The number of aryl methyl sites for hydroxylation is 1. The van der Waals surface area contributed by atoms with Crippen LogP contribution in [0.15, 0.2) is 48.7 Å². The summed E-state index contributed by atoms with van der Waals surface area (Å²) in [4.78, 5) is 26.8. The lowest BCUT2D eigenvalue weighted by Gasteiger charge is -2.18. The van der Waals surface area contributed by atoms with E-state index in [1.807, 2.05) is 13.0 Å². The first-order chi connectivity index (χ1) is 15.3. The molecule has 166 valence electrons. The number of carbonyl (C=O) groups is 1. The normalized spacial score (nSPS) is 13.8. The highest BCUT2D eigenvalue weighted by molar-refractivity contribution is 6.04. The molecule has 10 heteroatoms. The summed E-state index contributed by atoms with van der Waals surface area (Å²) in [7, 11) is 0. The van der Waals surface area contributed by atoms with Gasteiger partial charge in [-0.1, -0.05) is 0 Å². The molecule has 0 atom stereocenters. The van der Waals surface area contributed by atoms with Gasteiger partial charge in [0, 0.05) is 36.7 Å². The second-order valence-electron chi connectivity index (χ2n) is 7.44. The molecule has 0 saturated carbocycles. The van der Waals surface area contributed by atoms with Gasteiger partial charge in [-0.3, -0.25) is 9.78 Å². The summed E-state index contributed by atoms with van der Waals surface area (Å²) in [5.74, 6) is 1.69. The van der Waals surface area contributed by atoms with Gasteiger partial charge in [0.2, 0.25) is 0 Å². The molecule has 3 heterocycles. The minimum atomic E-state index is -4.55. The van der Waals surface area contributed by atoms with E-state index in [1.54, 1.807) is 24.3 Å². The zero-order valence-electron chi connectivity index (χ0n) is 17.3. The number of anilines is 4. The first-order valence-electron chi connectivity index (χ1n) is 10.1. The van der Waals surface area contributed by atoms with Crippen LogP contribution >= 0.6 is 0 Å². The van der Waals surface area contributed by atoms with Crippen molar-refractivity contribution in [1.29, 1.82) is 0 Å². The molecule has 2 N–H and O–H groups in total. The third kappa shape index (κ3) is 5.13. The van der Waals surface area contributed by atoms with Crippen LogP contribution in [0.4, 0.5) is 36.2 Å². The number of halogens is 3. The molecule has 1 fully saturated rings. The average Bonchev–Trinajstić information content (AvgIpc) is 3.29. The molecule has 1 aliphatic rings. The van der Waals surface area contributed by atoms with Crippen LogP contribution in [0.3, 0.4) is 0 Å². The Kier molecular flexibility index (Phi) is 5.93. The van der Waals surface area contributed by atoms with Crippen molar-refractivity contribution in [2.24, 2.45) is 0 Å². The van der Waals surface area contributed by atoms with Crippen LogP contribution in [0.5, 0.6) is 0 Å². The second-order valence-corrected chi connectivity index (χ2v) is 7.44. The zero-order valence-corrected chi connectivity index (χ0v) is 17.3. The molecule has 1 aliphatic heterocycles. The molecule has 1 saturated heterocycles. The van der Waals surface area contributed by atoms with Gasteiger partial charge < -0.3 is 15.5 Å². The van der Waals surface area contributed by atoms with Crippen molar-refractivity contribution in [2.75, 3.05) is 28.6 Å². The lowest BCUT2D eigenvalue weighted by Crippen LogP contribution is -2.19. The Morgan fingerprint density at radius 1 is 1.00 bits per heavy atom. The maximum Gasteiger partial charge on any atom is 0.433 e. The van der Waals surface area contributed by atoms with Gasteiger partial charge in [0.1, 0.15) is 23.2 Å². The molecule has 0 radical (unpaired) electrons. The van der Waals surface area contributed by atoms with E-state index in [9.17, 15) is 18.0 Å². The molecule has 0 aliphatic carbocycles. The number of alkyl halides is 3. The number of amides is 1. The van der Waals surface area contributed by atoms with Crippen LogP contribution < -0.4 is 15.5 Å². The Morgan fingerprint density at radius 3 is 2.31 bits per heavy atom. The third-order valence-corrected chi connectivity index (χ3v) is 4.99. The van der Waals surface area contributed by atoms with Gasteiger partial charge in [0.15, 0.2) is 0 Å². The van der Waals surface area contributed by atoms with Crippen molar-refractivity contribution < 1.29 is 18.0 Å². The highest BCUT2D eigenvalue weighted by atomic mass is 19.4. The summed E-state index contributed by atoms with van der Waals surface area (Å²) in [5, 5.41) is 5.88. The fourth-order valence-electron chi connectivity index (χ4n) is 3.41. The van der Waals surface area contributed by atoms with Crippen LogP contribution in [0.25, 0.3) is 0 Å². The number of hydrogen-bond acceptors (Lipinski definition) is 6. The van der Waals surface area contributed by atoms with Crippen molar-refractivity contribution in [3.63, 3.8) is 0 Å². The molecule has 0 bridgehead atoms. The monoisotopic (exact) mass is 442 g/mol. The summed E-state index contributed by atoms with van der Waals surface area (Å²) in [6.07, 6.45) is -1.33. The fourth-order valence-corrected chi connectivity index (χ4v) is 3.41. The van der Waals surface area contributed by atoms with Crippen molar-refractivity contribution in [1.82, 2.24) is 15.0 Å². The van der Waals surface area contributed by atoms with Crippen molar-refractivity contribution >= 4 is 28.9 Å². The smallest absolute Gasteiger partial charge is 0.356 e. The van der Waals surface area contributed by atoms with Crippen LogP contribution in [0.1, 0.15) is 34.7 Å². The van der Waals surface area contributed by atoms with Gasteiger partial charge in [-0.05, 0) is 56.2 Å². The topological polar surface area (TPSA) is 83.0 Å². The molecule has 0 unspecified atom stereocenters. The number of hydrogen-bond donors (Lipinski definition) is 2. The summed E-state index contributed by atoms with van der Waals surface area (Å²) in [6.45, 7) is 3.82. The Balaban J connectivity index is 1.41. The van der Waals surface area contributed by atoms with E-state index < -0.39 is 17.8 Å². The Hall–Kier alpha value is -3.69. The van der Waals surface area contributed by atoms with Crippen LogP contribution in [-0.2, 0) is 6.18 Å². The zero-order chi connectivity index (χ0) is 22.7. The summed E-state index contributed by atoms with van der Waals surface area (Å²) >= 11 is 0. The van der Waals surface area contributed by atoms with Gasteiger partial charge >= 0.3 is 6.18 Å².